The number of hydrogen-bond acceptors (Lipinski definition) is 6. The van der Waals surface area contributed by atoms with Crippen LogP contribution in [0.1, 0.15) is 0 Å². The summed E-state index contributed by atoms with van der Waals surface area (Å²) in [5, 5.41) is 0. The summed E-state index contributed by atoms with van der Waals surface area (Å²) in [6, 6.07) is 0. The molecular weight excluding hydrogens is 160 g/mol. The predicted molar refractivity (Wildman–Crippen MR) is 39.4 cm³/mol. The SMILES string of the molecule is O=C=NCN1CN(CN=C=O)C1. The predicted octanol–water partition coefficient (Wildman–Crippen LogP) is -0.894. The van der Waals surface area contributed by atoms with Gasteiger partial charge in [-0.25, -0.2) is 9.59 Å². The quantitative estimate of drug-likeness (QED) is 0.403. The zero-order valence-corrected chi connectivity index (χ0v) is 6.43. The highest BCUT2D eigenvalue weighted by atomic mass is 16.1. The molecule has 1 fully saturated rings. The van der Waals surface area contributed by atoms with Crippen LogP contribution in [0.2, 0.25) is 0 Å². The van der Waals surface area contributed by atoms with Crippen LogP contribution in [-0.4, -0.2) is 48.6 Å². The number of nitrogens with zero attached hydrogens (tertiary/aromatic N) is 4. The molecule has 1 aliphatic heterocycles. The molecule has 6 nitrogen and oxygen atoms in total. The molecule has 0 saturated carbocycles. The van der Waals surface area contributed by atoms with E-state index in [1.165, 1.54) is 12.2 Å². The van der Waals surface area contributed by atoms with Gasteiger partial charge in [0.25, 0.3) is 0 Å². The van der Waals surface area contributed by atoms with E-state index in [4.69, 9.17) is 0 Å². The Labute approximate surface area is 69.2 Å². The Kier molecular flexibility index (Phi) is 3.32. The van der Waals surface area contributed by atoms with E-state index in [1.54, 1.807) is 0 Å². The van der Waals surface area contributed by atoms with Gasteiger partial charge in [-0.15, -0.1) is 0 Å². The third-order valence-electron chi connectivity index (χ3n) is 1.47. The summed E-state index contributed by atoms with van der Waals surface area (Å²) in [5.74, 6) is 0. The maximum Gasteiger partial charge on any atom is 0.236 e. The molecule has 0 radical (unpaired) electrons. The first kappa shape index (κ1) is 8.77. The molecule has 1 heterocycles. The summed E-state index contributed by atoms with van der Waals surface area (Å²) in [5.41, 5.74) is 0. The van der Waals surface area contributed by atoms with Gasteiger partial charge in [-0.1, -0.05) is 0 Å². The smallest absolute Gasteiger partial charge is 0.236 e. The summed E-state index contributed by atoms with van der Waals surface area (Å²) in [4.78, 5) is 30.0. The van der Waals surface area contributed by atoms with Gasteiger partial charge in [-0.2, -0.15) is 9.98 Å². The van der Waals surface area contributed by atoms with Gasteiger partial charge in [-0.05, 0) is 0 Å². The van der Waals surface area contributed by atoms with E-state index in [0.29, 0.717) is 26.7 Å². The molecule has 64 valence electrons. The molecule has 1 rings (SSSR count). The van der Waals surface area contributed by atoms with Crippen LogP contribution in [0.15, 0.2) is 9.98 Å². The lowest BCUT2D eigenvalue weighted by molar-refractivity contribution is -0.0245. The zero-order chi connectivity index (χ0) is 8.81. The summed E-state index contributed by atoms with van der Waals surface area (Å²) in [6.45, 7) is 2.09. The van der Waals surface area contributed by atoms with Gasteiger partial charge < -0.3 is 0 Å². The number of hydrogen-bond donors (Lipinski definition) is 0. The third-order valence-corrected chi connectivity index (χ3v) is 1.47. The molecule has 0 bridgehead atoms. The number of isocyanates is 2. The third kappa shape index (κ3) is 2.38. The van der Waals surface area contributed by atoms with Gasteiger partial charge in [0.05, 0.1) is 13.3 Å². The van der Waals surface area contributed by atoms with E-state index >= 15 is 0 Å². The summed E-state index contributed by atoms with van der Waals surface area (Å²) in [7, 11) is 0. The molecule has 12 heavy (non-hydrogen) atoms. The van der Waals surface area contributed by atoms with Crippen molar-refractivity contribution < 1.29 is 9.59 Å². The summed E-state index contributed by atoms with van der Waals surface area (Å²) in [6.07, 6.45) is 2.91. The average molecular weight is 168 g/mol. The van der Waals surface area contributed by atoms with Crippen LogP contribution in [0.3, 0.4) is 0 Å². The molecule has 0 N–H and O–H groups in total. The second kappa shape index (κ2) is 4.54. The first-order valence-corrected chi connectivity index (χ1v) is 3.39. The van der Waals surface area contributed by atoms with Crippen molar-refractivity contribution in [3.8, 4) is 0 Å². The minimum Gasteiger partial charge on any atom is -0.257 e. The lowest BCUT2D eigenvalue weighted by atomic mass is 10.5. The van der Waals surface area contributed by atoms with Gasteiger partial charge >= 0.3 is 0 Å². The Morgan fingerprint density at radius 2 is 1.42 bits per heavy atom. The minimum atomic E-state index is 0.366. The highest BCUT2D eigenvalue weighted by molar-refractivity contribution is 5.33. The van der Waals surface area contributed by atoms with Crippen molar-refractivity contribution in [2.24, 2.45) is 9.98 Å². The van der Waals surface area contributed by atoms with E-state index in [0.717, 1.165) is 0 Å². The van der Waals surface area contributed by atoms with Crippen LogP contribution < -0.4 is 0 Å². The fourth-order valence-corrected chi connectivity index (χ4v) is 0.961. The van der Waals surface area contributed by atoms with Crippen LogP contribution in [-0.2, 0) is 9.59 Å². The van der Waals surface area contributed by atoms with E-state index in [9.17, 15) is 9.59 Å². The second-order valence-electron chi connectivity index (χ2n) is 2.41. The molecule has 0 aromatic carbocycles. The second-order valence-corrected chi connectivity index (χ2v) is 2.41. The Bertz CT molecular complexity index is 212. The van der Waals surface area contributed by atoms with Crippen molar-refractivity contribution in [3.63, 3.8) is 0 Å². The van der Waals surface area contributed by atoms with Gasteiger partial charge in [0, 0.05) is 0 Å². The number of carbonyl (C=O) groups excluding carboxylic acids is 2. The molecule has 0 spiro atoms. The van der Waals surface area contributed by atoms with Gasteiger partial charge in [0.1, 0.15) is 13.3 Å². The van der Waals surface area contributed by atoms with E-state index in [1.807, 2.05) is 9.80 Å². The monoisotopic (exact) mass is 168 g/mol. The Morgan fingerprint density at radius 3 is 1.75 bits per heavy atom. The van der Waals surface area contributed by atoms with Crippen LogP contribution in [0.5, 0.6) is 0 Å². The van der Waals surface area contributed by atoms with Crippen molar-refractivity contribution in [2.75, 3.05) is 26.7 Å². The van der Waals surface area contributed by atoms with Gasteiger partial charge in [0.15, 0.2) is 0 Å². The lowest BCUT2D eigenvalue weighted by Gasteiger charge is -2.39. The summed E-state index contributed by atoms with van der Waals surface area (Å²) >= 11 is 0. The normalized spacial score (nSPS) is 17.3. The molecule has 0 atom stereocenters. The van der Waals surface area contributed by atoms with Crippen molar-refractivity contribution in [1.82, 2.24) is 9.80 Å². The Balaban J connectivity index is 2.11. The molecule has 6 heteroatoms. The molecule has 0 unspecified atom stereocenters. The zero-order valence-electron chi connectivity index (χ0n) is 6.43. The maximum absolute atomic E-state index is 9.70. The minimum absolute atomic E-state index is 0.366. The standard InChI is InChI=1S/C6H8N4O2/c11-3-7-1-9-5-10(6-9)2-8-4-12/h1-2,5-6H2. The van der Waals surface area contributed by atoms with Crippen LogP contribution >= 0.6 is 0 Å². The first-order chi connectivity index (χ1) is 5.86. The lowest BCUT2D eigenvalue weighted by Crippen LogP contribution is -2.54. The Morgan fingerprint density at radius 1 is 1.00 bits per heavy atom. The molecule has 1 saturated heterocycles. The molecule has 0 aromatic rings. The Hall–Kier alpha value is -1.32. The van der Waals surface area contributed by atoms with Crippen molar-refractivity contribution in [2.45, 2.75) is 0 Å². The molecule has 0 aliphatic carbocycles. The van der Waals surface area contributed by atoms with Crippen LogP contribution in [0.25, 0.3) is 0 Å². The molecule has 1 aliphatic rings. The summed E-state index contributed by atoms with van der Waals surface area (Å²) < 4.78 is 0. The number of aliphatic imine (C=N–C) groups is 2. The first-order valence-electron chi connectivity index (χ1n) is 3.39. The highest BCUT2D eigenvalue weighted by Crippen LogP contribution is 2.06. The van der Waals surface area contributed by atoms with Crippen molar-refractivity contribution >= 4 is 12.2 Å². The fraction of sp³-hybridized carbons (Fsp3) is 0.667. The van der Waals surface area contributed by atoms with Crippen molar-refractivity contribution in [3.05, 3.63) is 0 Å². The molecule has 0 amide bonds. The van der Waals surface area contributed by atoms with Crippen LogP contribution in [0, 0.1) is 0 Å². The number of rotatable bonds is 4. The highest BCUT2D eigenvalue weighted by Gasteiger charge is 2.22. The molecule has 0 aromatic heterocycles. The van der Waals surface area contributed by atoms with Gasteiger partial charge in [0.2, 0.25) is 12.2 Å². The van der Waals surface area contributed by atoms with E-state index < -0.39 is 0 Å². The largest absolute Gasteiger partial charge is 0.257 e. The van der Waals surface area contributed by atoms with E-state index in [-0.39, 0.29) is 0 Å². The fourth-order valence-electron chi connectivity index (χ4n) is 0.961. The van der Waals surface area contributed by atoms with Crippen molar-refractivity contribution in [1.29, 1.82) is 0 Å². The average Bonchev–Trinajstić information content (AvgIpc) is 2.01. The topological polar surface area (TPSA) is 65.3 Å². The molecular formula is C6H8N4O2. The maximum atomic E-state index is 9.70. The van der Waals surface area contributed by atoms with E-state index in [2.05, 4.69) is 9.98 Å². The van der Waals surface area contributed by atoms with Gasteiger partial charge in [-0.3, -0.25) is 9.80 Å². The van der Waals surface area contributed by atoms with Crippen LogP contribution in [0.4, 0.5) is 0 Å².